The summed E-state index contributed by atoms with van der Waals surface area (Å²) in [5.41, 5.74) is 0.690. The number of benzene rings is 1. The largest absolute Gasteiger partial charge is 0.390 e. The van der Waals surface area contributed by atoms with Crippen molar-refractivity contribution in [1.82, 2.24) is 19.7 Å². The summed E-state index contributed by atoms with van der Waals surface area (Å²) < 4.78 is 43.7. The van der Waals surface area contributed by atoms with Crippen molar-refractivity contribution in [3.8, 4) is 0 Å². The molecule has 6 atom stereocenters. The fourth-order valence-electron chi connectivity index (χ4n) is 4.35. The molecule has 1 aromatic carbocycles. The van der Waals surface area contributed by atoms with E-state index < -0.39 is 57.2 Å². The number of halogens is 2. The number of nitrogens with zero attached hydrogens (tertiary/aromatic N) is 4. The van der Waals surface area contributed by atoms with Gasteiger partial charge in [0.05, 0.1) is 29.8 Å². The van der Waals surface area contributed by atoms with Crippen molar-refractivity contribution in [3.05, 3.63) is 47.1 Å². The minimum Gasteiger partial charge on any atom is -0.390 e. The summed E-state index contributed by atoms with van der Waals surface area (Å²) in [5, 5.41) is 28.5. The number of fused-ring (bicyclic) bond motifs is 1. The Morgan fingerprint density at radius 1 is 1.22 bits per heavy atom. The second-order valence-electron chi connectivity index (χ2n) is 8.86. The zero-order valence-electron chi connectivity index (χ0n) is 19.3. The summed E-state index contributed by atoms with van der Waals surface area (Å²) in [5.74, 6) is -2.23. The first kappa shape index (κ1) is 28.0. The van der Waals surface area contributed by atoms with Crippen molar-refractivity contribution < 1.29 is 42.9 Å². The first-order valence-corrected chi connectivity index (χ1v) is 15.0. The van der Waals surface area contributed by atoms with Gasteiger partial charge in [0, 0.05) is 18.0 Å². The van der Waals surface area contributed by atoms with E-state index in [1.165, 1.54) is 16.9 Å². The molecule has 1 fully saturated rings. The summed E-state index contributed by atoms with van der Waals surface area (Å²) in [7, 11) is -9.61. The summed E-state index contributed by atoms with van der Waals surface area (Å²) in [6.45, 7) is 1.73. The van der Waals surface area contributed by atoms with Gasteiger partial charge in [0.2, 0.25) is 5.28 Å². The Kier molecular flexibility index (Phi) is 8.06. The molecule has 0 spiro atoms. The molecular weight excluding hydrogens is 555 g/mol. The van der Waals surface area contributed by atoms with E-state index in [0.29, 0.717) is 16.8 Å². The van der Waals surface area contributed by atoms with Gasteiger partial charge in [-0.25, -0.2) is 9.07 Å². The Balaban J connectivity index is 1.53. The van der Waals surface area contributed by atoms with E-state index in [-0.39, 0.29) is 23.9 Å². The third-order valence-corrected chi connectivity index (χ3v) is 9.69. The van der Waals surface area contributed by atoms with Crippen LogP contribution in [-0.2, 0) is 20.2 Å². The molecule has 1 aliphatic carbocycles. The minimum absolute atomic E-state index is 0.00847. The van der Waals surface area contributed by atoms with E-state index in [2.05, 4.69) is 20.4 Å². The van der Waals surface area contributed by atoms with Crippen molar-refractivity contribution in [2.45, 2.75) is 44.2 Å². The maximum atomic E-state index is 14.2. The lowest BCUT2D eigenvalue weighted by Gasteiger charge is -2.20. The highest BCUT2D eigenvalue weighted by Gasteiger charge is 2.46. The standard InChI is InChI=1S/C20H25ClFN5O8P2/c1-10(12-4-2-3-5-14(12)22)24-18-13-7-23-27(19(13)26-20(21)25-18)8-11-6-15(17(29)16(11)28)35-37(33,34)9-36(30,31)32/h2-5,7,10-11,15-17,28-29H,6,8-9H2,1H3,(H,33,34)(H,24,25,26)(H2,30,31,32)/t10-,11-,15-,16-,17+/m0/s1. The molecule has 0 bridgehead atoms. The van der Waals surface area contributed by atoms with Crippen LogP contribution in [-0.4, -0.2) is 68.9 Å². The van der Waals surface area contributed by atoms with Crippen LogP contribution in [0.15, 0.2) is 30.5 Å². The molecule has 0 amide bonds. The molecule has 6 N–H and O–H groups in total. The zero-order valence-corrected chi connectivity index (χ0v) is 21.8. The number of aromatic nitrogens is 4. The molecule has 0 saturated heterocycles. The van der Waals surface area contributed by atoms with Crippen LogP contribution in [0.2, 0.25) is 5.28 Å². The lowest BCUT2D eigenvalue weighted by Crippen LogP contribution is -2.32. The molecule has 1 saturated carbocycles. The van der Waals surface area contributed by atoms with Crippen molar-refractivity contribution in [2.24, 2.45) is 5.92 Å². The van der Waals surface area contributed by atoms with Gasteiger partial charge in [-0.1, -0.05) is 18.2 Å². The van der Waals surface area contributed by atoms with Gasteiger partial charge in [0.25, 0.3) is 0 Å². The van der Waals surface area contributed by atoms with Gasteiger partial charge in [-0.05, 0) is 31.0 Å². The molecule has 1 unspecified atom stereocenters. The van der Waals surface area contributed by atoms with Gasteiger partial charge in [-0.15, -0.1) is 0 Å². The summed E-state index contributed by atoms with van der Waals surface area (Å²) in [6.07, 6.45) is -2.97. The van der Waals surface area contributed by atoms with E-state index in [0.717, 1.165) is 0 Å². The molecule has 3 aromatic rings. The van der Waals surface area contributed by atoms with Crippen LogP contribution in [0.3, 0.4) is 0 Å². The molecule has 2 heterocycles. The average molecular weight is 580 g/mol. The van der Waals surface area contributed by atoms with Gasteiger partial charge in [0.15, 0.2) is 11.6 Å². The van der Waals surface area contributed by atoms with Gasteiger partial charge in [0.1, 0.15) is 17.7 Å². The first-order valence-electron chi connectivity index (χ1n) is 11.0. The zero-order chi connectivity index (χ0) is 27.1. The Bertz CT molecular complexity index is 1390. The molecule has 37 heavy (non-hydrogen) atoms. The molecule has 4 rings (SSSR count). The van der Waals surface area contributed by atoms with E-state index in [4.69, 9.17) is 25.9 Å². The van der Waals surface area contributed by atoms with Crippen LogP contribution in [0, 0.1) is 11.7 Å². The fraction of sp³-hybridized carbons (Fsp3) is 0.450. The lowest BCUT2D eigenvalue weighted by atomic mass is 10.1. The molecule has 13 nitrogen and oxygen atoms in total. The van der Waals surface area contributed by atoms with Gasteiger partial charge in [-0.3, -0.25) is 9.13 Å². The SMILES string of the molecule is C[C@H](Nc1nc(Cl)nc2c1cnn2C[C@@H]1C[C@H](OP(=O)(O)CP(=O)(O)O)[C@@H](O)[C@H]1O)c1ccccc1F. The number of hydrogen-bond acceptors (Lipinski definition) is 9. The maximum absolute atomic E-state index is 14.2. The minimum atomic E-state index is -4.86. The summed E-state index contributed by atoms with van der Waals surface area (Å²) in [4.78, 5) is 36.1. The summed E-state index contributed by atoms with van der Waals surface area (Å²) >= 11 is 6.12. The van der Waals surface area contributed by atoms with Crippen LogP contribution in [0.4, 0.5) is 10.2 Å². The number of anilines is 1. The molecule has 17 heteroatoms. The summed E-state index contributed by atoms with van der Waals surface area (Å²) in [6, 6.07) is 5.78. The maximum Gasteiger partial charge on any atom is 0.340 e. The molecule has 202 valence electrons. The number of nitrogens with one attached hydrogen (secondary N) is 1. The highest BCUT2D eigenvalue weighted by atomic mass is 35.5. The quantitative estimate of drug-likeness (QED) is 0.160. The van der Waals surface area contributed by atoms with Crippen LogP contribution >= 0.6 is 26.8 Å². The number of aliphatic hydroxyl groups excluding tert-OH is 2. The van der Waals surface area contributed by atoms with E-state index in [9.17, 15) is 28.6 Å². The highest BCUT2D eigenvalue weighted by molar-refractivity contribution is 7.70. The Morgan fingerprint density at radius 3 is 2.59 bits per heavy atom. The molecule has 0 aliphatic heterocycles. The van der Waals surface area contributed by atoms with Crippen LogP contribution < -0.4 is 5.32 Å². The molecule has 1 aliphatic rings. The second-order valence-corrected chi connectivity index (χ2v) is 13.1. The monoisotopic (exact) mass is 579 g/mol. The van der Waals surface area contributed by atoms with Crippen molar-refractivity contribution in [2.75, 3.05) is 11.2 Å². The molecule has 0 radical (unpaired) electrons. The second kappa shape index (κ2) is 10.6. The van der Waals surface area contributed by atoms with Crippen molar-refractivity contribution >= 4 is 43.6 Å². The van der Waals surface area contributed by atoms with E-state index in [1.807, 2.05) is 0 Å². The number of hydrogen-bond donors (Lipinski definition) is 6. The molecular formula is C20H25ClFN5O8P2. The number of rotatable bonds is 9. The van der Waals surface area contributed by atoms with E-state index in [1.54, 1.807) is 25.1 Å². The lowest BCUT2D eigenvalue weighted by molar-refractivity contribution is -0.0218. The fourth-order valence-corrected chi connectivity index (χ4v) is 7.27. The highest BCUT2D eigenvalue weighted by Crippen LogP contribution is 2.57. The first-order chi connectivity index (χ1) is 17.2. The van der Waals surface area contributed by atoms with Gasteiger partial charge >= 0.3 is 15.2 Å². The van der Waals surface area contributed by atoms with E-state index >= 15 is 0 Å². The topological polar surface area (TPSA) is 200 Å². The predicted molar refractivity (Wildman–Crippen MR) is 131 cm³/mol. The smallest absolute Gasteiger partial charge is 0.340 e. The van der Waals surface area contributed by atoms with Gasteiger partial charge < -0.3 is 34.7 Å². The normalized spacial score (nSPS) is 24.8. The Labute approximate surface area is 215 Å². The average Bonchev–Trinajstić information content (AvgIpc) is 3.28. The van der Waals surface area contributed by atoms with Crippen LogP contribution in [0.5, 0.6) is 0 Å². The third-order valence-electron chi connectivity index (χ3n) is 6.01. The number of aliphatic hydroxyl groups is 2. The van der Waals surface area contributed by atoms with Crippen LogP contribution in [0.25, 0.3) is 11.0 Å². The predicted octanol–water partition coefficient (Wildman–Crippen LogP) is 2.24. The Hall–Kier alpha value is -1.99. The van der Waals surface area contributed by atoms with Gasteiger partial charge in [-0.2, -0.15) is 15.1 Å². The molecule has 2 aromatic heterocycles. The third kappa shape index (κ3) is 6.54. The Morgan fingerprint density at radius 2 is 1.92 bits per heavy atom. The van der Waals surface area contributed by atoms with Crippen molar-refractivity contribution in [1.29, 1.82) is 0 Å². The van der Waals surface area contributed by atoms with Crippen molar-refractivity contribution in [3.63, 3.8) is 0 Å². The van der Waals surface area contributed by atoms with Crippen LogP contribution in [0.1, 0.15) is 24.9 Å².